The molecular formula is C7H11NO2. The third-order valence-electron chi connectivity index (χ3n) is 1.16. The normalized spacial score (nSPS) is 8.70. The van der Waals surface area contributed by atoms with E-state index in [0.717, 1.165) is 12.8 Å². The molecule has 10 heavy (non-hydrogen) atoms. The van der Waals surface area contributed by atoms with Gasteiger partial charge in [-0.1, -0.05) is 0 Å². The lowest BCUT2D eigenvalue weighted by Gasteiger charge is -1.90. The number of carboxylic acid groups (broad SMARTS) is 1. The Morgan fingerprint density at radius 1 is 1.40 bits per heavy atom. The van der Waals surface area contributed by atoms with Crippen molar-refractivity contribution < 1.29 is 9.90 Å². The molecule has 0 rings (SSSR count). The minimum Gasteiger partial charge on any atom is -0.481 e. The summed E-state index contributed by atoms with van der Waals surface area (Å²) in [5.41, 5.74) is 0. The maximum Gasteiger partial charge on any atom is 0.303 e. The van der Waals surface area contributed by atoms with Crippen molar-refractivity contribution >= 4 is 5.97 Å². The van der Waals surface area contributed by atoms with E-state index in [1.165, 1.54) is 0 Å². The lowest BCUT2D eigenvalue weighted by Crippen LogP contribution is -1.93. The molecule has 3 heteroatoms. The van der Waals surface area contributed by atoms with Crippen molar-refractivity contribution in [1.29, 1.82) is 0 Å². The Kier molecular flexibility index (Phi) is 5.45. The van der Waals surface area contributed by atoms with Crippen LogP contribution in [-0.2, 0) is 4.79 Å². The third kappa shape index (κ3) is 6.96. The molecule has 0 saturated heterocycles. The van der Waals surface area contributed by atoms with Crippen LogP contribution < -0.4 is 0 Å². The quantitative estimate of drug-likeness (QED) is 0.466. The van der Waals surface area contributed by atoms with Crippen molar-refractivity contribution in [3.05, 3.63) is 11.4 Å². The summed E-state index contributed by atoms with van der Waals surface area (Å²) < 4.78 is 0. The van der Waals surface area contributed by atoms with Gasteiger partial charge in [-0.25, -0.2) is 6.57 Å². The number of carbonyl (C=O) groups is 1. The van der Waals surface area contributed by atoms with Gasteiger partial charge in [-0.05, 0) is 12.8 Å². The highest BCUT2D eigenvalue weighted by Crippen LogP contribution is 1.99. The SMILES string of the molecule is [C-]#[N+]CCCCCC(=O)O. The molecule has 0 unspecified atom stereocenters. The largest absolute Gasteiger partial charge is 0.481 e. The van der Waals surface area contributed by atoms with Gasteiger partial charge in [-0.3, -0.25) is 4.79 Å². The maximum atomic E-state index is 9.97. The van der Waals surface area contributed by atoms with Gasteiger partial charge in [0.15, 0.2) is 0 Å². The highest BCUT2D eigenvalue weighted by molar-refractivity contribution is 5.66. The molecule has 3 nitrogen and oxygen atoms in total. The molecule has 0 atom stereocenters. The summed E-state index contributed by atoms with van der Waals surface area (Å²) >= 11 is 0. The molecular weight excluding hydrogens is 130 g/mol. The van der Waals surface area contributed by atoms with Crippen LogP contribution in [0, 0.1) is 6.57 Å². The predicted molar refractivity (Wildman–Crippen MR) is 37.6 cm³/mol. The van der Waals surface area contributed by atoms with Gasteiger partial charge in [-0.15, -0.1) is 0 Å². The molecule has 0 aliphatic rings. The number of aliphatic carboxylic acids is 1. The van der Waals surface area contributed by atoms with Crippen LogP contribution in [0.25, 0.3) is 4.85 Å². The van der Waals surface area contributed by atoms with E-state index in [1.807, 2.05) is 0 Å². The van der Waals surface area contributed by atoms with E-state index in [-0.39, 0.29) is 6.42 Å². The number of hydrogen-bond donors (Lipinski definition) is 1. The summed E-state index contributed by atoms with van der Waals surface area (Å²) in [4.78, 5) is 13.1. The summed E-state index contributed by atoms with van der Waals surface area (Å²) in [6, 6.07) is 0. The zero-order valence-corrected chi connectivity index (χ0v) is 5.84. The van der Waals surface area contributed by atoms with E-state index >= 15 is 0 Å². The molecule has 56 valence electrons. The van der Waals surface area contributed by atoms with Crippen molar-refractivity contribution in [2.45, 2.75) is 25.7 Å². The summed E-state index contributed by atoms with van der Waals surface area (Å²) in [6.45, 7) is 6.96. The fourth-order valence-electron chi connectivity index (χ4n) is 0.644. The van der Waals surface area contributed by atoms with Gasteiger partial charge in [-0.2, -0.15) is 0 Å². The lowest BCUT2D eigenvalue weighted by molar-refractivity contribution is -0.137. The summed E-state index contributed by atoms with van der Waals surface area (Å²) in [5.74, 6) is -0.747. The molecule has 0 aromatic rings. The van der Waals surface area contributed by atoms with Crippen LogP contribution >= 0.6 is 0 Å². The number of carboxylic acids is 1. The first-order valence-corrected chi connectivity index (χ1v) is 3.32. The highest BCUT2D eigenvalue weighted by Gasteiger charge is 1.95. The molecule has 1 N–H and O–H groups in total. The molecule has 0 aliphatic heterocycles. The van der Waals surface area contributed by atoms with Crippen LogP contribution in [0.3, 0.4) is 0 Å². The minimum absolute atomic E-state index is 0.234. The Hall–Kier alpha value is -1.04. The second kappa shape index (κ2) is 6.09. The molecule has 0 fully saturated rings. The van der Waals surface area contributed by atoms with E-state index in [0.29, 0.717) is 13.0 Å². The number of unbranched alkanes of at least 4 members (excludes halogenated alkanes) is 2. The summed E-state index contributed by atoms with van der Waals surface area (Å²) in [6.07, 6.45) is 2.62. The van der Waals surface area contributed by atoms with Gasteiger partial charge < -0.3 is 9.95 Å². The Morgan fingerprint density at radius 2 is 2.10 bits per heavy atom. The van der Waals surface area contributed by atoms with Crippen molar-refractivity contribution in [3.63, 3.8) is 0 Å². The minimum atomic E-state index is -0.747. The van der Waals surface area contributed by atoms with Crippen LogP contribution in [0.15, 0.2) is 0 Å². The van der Waals surface area contributed by atoms with Crippen molar-refractivity contribution in [3.8, 4) is 0 Å². The van der Waals surface area contributed by atoms with Crippen molar-refractivity contribution in [2.24, 2.45) is 0 Å². The van der Waals surface area contributed by atoms with Crippen molar-refractivity contribution in [2.75, 3.05) is 6.54 Å². The van der Waals surface area contributed by atoms with E-state index < -0.39 is 5.97 Å². The zero-order valence-electron chi connectivity index (χ0n) is 5.84. The van der Waals surface area contributed by atoms with Gasteiger partial charge in [0.2, 0.25) is 6.54 Å². The first-order chi connectivity index (χ1) is 4.77. The average Bonchev–Trinajstić information content (AvgIpc) is 1.87. The number of hydrogen-bond acceptors (Lipinski definition) is 1. The van der Waals surface area contributed by atoms with Crippen LogP contribution in [0.2, 0.25) is 0 Å². The molecule has 0 aliphatic carbocycles. The average molecular weight is 141 g/mol. The molecule has 0 amide bonds. The smallest absolute Gasteiger partial charge is 0.303 e. The molecule has 0 radical (unpaired) electrons. The fraction of sp³-hybridized carbons (Fsp3) is 0.714. The molecule has 0 bridgehead atoms. The van der Waals surface area contributed by atoms with Gasteiger partial charge in [0.05, 0.1) is 0 Å². The Bertz CT molecular complexity index is 137. The van der Waals surface area contributed by atoms with Crippen LogP contribution in [0.4, 0.5) is 0 Å². The second-order valence-corrected chi connectivity index (χ2v) is 2.09. The topological polar surface area (TPSA) is 41.7 Å². The van der Waals surface area contributed by atoms with E-state index in [4.69, 9.17) is 11.7 Å². The number of rotatable bonds is 5. The van der Waals surface area contributed by atoms with Gasteiger partial charge in [0.25, 0.3) is 0 Å². The van der Waals surface area contributed by atoms with Crippen LogP contribution in [0.5, 0.6) is 0 Å². The zero-order chi connectivity index (χ0) is 7.82. The van der Waals surface area contributed by atoms with Gasteiger partial charge in [0.1, 0.15) is 0 Å². The fourth-order valence-corrected chi connectivity index (χ4v) is 0.644. The Labute approximate surface area is 60.5 Å². The first kappa shape index (κ1) is 8.96. The lowest BCUT2D eigenvalue weighted by atomic mass is 10.2. The molecule has 0 heterocycles. The second-order valence-electron chi connectivity index (χ2n) is 2.09. The van der Waals surface area contributed by atoms with Crippen LogP contribution in [0.1, 0.15) is 25.7 Å². The predicted octanol–water partition coefficient (Wildman–Crippen LogP) is 1.55. The van der Waals surface area contributed by atoms with Gasteiger partial charge in [0, 0.05) is 12.8 Å². The van der Waals surface area contributed by atoms with Crippen LogP contribution in [-0.4, -0.2) is 17.6 Å². The monoisotopic (exact) mass is 141 g/mol. The molecule has 0 aromatic heterocycles. The Morgan fingerprint density at radius 3 is 2.60 bits per heavy atom. The number of nitrogens with zero attached hydrogens (tertiary/aromatic N) is 1. The maximum absolute atomic E-state index is 9.97. The molecule has 0 saturated carbocycles. The standard InChI is InChI=1S/C7H11NO2/c1-8-6-4-2-3-5-7(9)10/h2-6H2,(H,9,10). The summed E-state index contributed by atoms with van der Waals surface area (Å²) in [7, 11) is 0. The third-order valence-corrected chi connectivity index (χ3v) is 1.16. The highest BCUT2D eigenvalue weighted by atomic mass is 16.4. The summed E-state index contributed by atoms with van der Waals surface area (Å²) in [5, 5.41) is 8.21. The molecule has 0 spiro atoms. The molecule has 0 aromatic carbocycles. The Balaban J connectivity index is 2.92. The van der Waals surface area contributed by atoms with Crippen molar-refractivity contribution in [1.82, 2.24) is 0 Å². The first-order valence-electron chi connectivity index (χ1n) is 3.32. The van der Waals surface area contributed by atoms with E-state index in [9.17, 15) is 4.79 Å². The van der Waals surface area contributed by atoms with E-state index in [1.54, 1.807) is 0 Å². The van der Waals surface area contributed by atoms with Gasteiger partial charge >= 0.3 is 5.97 Å². The van der Waals surface area contributed by atoms with E-state index in [2.05, 4.69) is 4.85 Å².